The number of fused-ring (bicyclic) bond motifs is 1. The predicted octanol–water partition coefficient (Wildman–Crippen LogP) is 3.76. The number of aryl methyl sites for hydroxylation is 1. The summed E-state index contributed by atoms with van der Waals surface area (Å²) < 4.78 is 49.2. The van der Waals surface area contributed by atoms with Gasteiger partial charge in [-0.05, 0) is 0 Å². The van der Waals surface area contributed by atoms with Gasteiger partial charge in [0.2, 0.25) is 0 Å². The van der Waals surface area contributed by atoms with E-state index >= 15 is 0 Å². The number of alkyl halides is 3. The molecule has 29 heavy (non-hydrogen) atoms. The van der Waals surface area contributed by atoms with E-state index in [1.165, 1.54) is 5.38 Å². The number of hydrogen-bond donors (Lipinski definition) is 0. The van der Waals surface area contributed by atoms with Gasteiger partial charge in [0, 0.05) is 0 Å². The Hall–Kier alpha value is -2.15. The van der Waals surface area contributed by atoms with Gasteiger partial charge in [-0.2, -0.15) is 13.2 Å². The van der Waals surface area contributed by atoms with Crippen molar-refractivity contribution >= 4 is 53.5 Å². The summed E-state index contributed by atoms with van der Waals surface area (Å²) in [7, 11) is 0. The summed E-state index contributed by atoms with van der Waals surface area (Å²) in [6.07, 6.45) is -3.06. The first-order valence-corrected chi connectivity index (χ1v) is 10.2. The monoisotopic (exact) mass is 616 g/mol. The van der Waals surface area contributed by atoms with Crippen LogP contribution in [-0.2, 0) is 15.7 Å². The first-order chi connectivity index (χ1) is 13.8. The Morgan fingerprint density at radius 1 is 1.34 bits per heavy atom. The molecule has 149 valence electrons. The number of hydrogen-bond acceptors (Lipinski definition) is 7. The van der Waals surface area contributed by atoms with Crippen LogP contribution in [0.5, 0.6) is 0 Å². The number of benzene rings is 1. The summed E-state index contributed by atoms with van der Waals surface area (Å²) >= 11 is 1.95. The summed E-state index contributed by atoms with van der Waals surface area (Å²) in [4.78, 5) is 20.5. The minimum absolute atomic E-state index is 0.0398. The van der Waals surface area contributed by atoms with Gasteiger partial charge in [0.1, 0.15) is 0 Å². The SMILES string of the molecule is Cc1ccc2c(c1)c(C(=O)c1nc(-c3noc(C(F)(F)F)n3)cs1)cn2C[O][Po]. The van der Waals surface area contributed by atoms with Crippen LogP contribution >= 0.6 is 11.3 Å². The van der Waals surface area contributed by atoms with Crippen LogP contribution in [0.4, 0.5) is 13.2 Å². The molecular formula is C17H10F3N4O3PoS. The van der Waals surface area contributed by atoms with Crippen molar-refractivity contribution in [1.82, 2.24) is 19.7 Å². The molecule has 0 saturated heterocycles. The van der Waals surface area contributed by atoms with E-state index < -0.39 is 12.1 Å². The van der Waals surface area contributed by atoms with Crippen molar-refractivity contribution in [3.8, 4) is 11.5 Å². The van der Waals surface area contributed by atoms with Crippen molar-refractivity contribution in [2.45, 2.75) is 19.8 Å². The maximum absolute atomic E-state index is 13.1. The second kappa shape index (κ2) is 7.59. The van der Waals surface area contributed by atoms with Crippen LogP contribution in [0.15, 0.2) is 34.3 Å². The molecular weight excluding hydrogens is 606 g/mol. The van der Waals surface area contributed by atoms with E-state index in [0.29, 0.717) is 12.3 Å². The molecule has 0 N–H and O–H groups in total. The van der Waals surface area contributed by atoms with E-state index in [9.17, 15) is 18.0 Å². The molecule has 12 heteroatoms. The van der Waals surface area contributed by atoms with E-state index in [4.69, 9.17) is 2.77 Å². The molecule has 4 aromatic rings. The van der Waals surface area contributed by atoms with Gasteiger partial charge >= 0.3 is 168 Å². The number of ketones is 1. The average molecular weight is 616 g/mol. The van der Waals surface area contributed by atoms with Crippen molar-refractivity contribution in [3.05, 3.63) is 51.8 Å². The molecule has 0 fully saturated rings. The quantitative estimate of drug-likeness (QED) is 0.318. The molecule has 1 aromatic carbocycles. The zero-order valence-corrected chi connectivity index (χ0v) is 18.5. The zero-order valence-electron chi connectivity index (χ0n) is 14.6. The van der Waals surface area contributed by atoms with Crippen molar-refractivity contribution in [2.75, 3.05) is 0 Å². The van der Waals surface area contributed by atoms with E-state index in [-0.39, 0.29) is 22.3 Å². The summed E-state index contributed by atoms with van der Waals surface area (Å²) in [5, 5.41) is 5.58. The fraction of sp³-hybridized carbons (Fsp3) is 0.176. The fourth-order valence-electron chi connectivity index (χ4n) is 2.79. The number of halogens is 3. The normalized spacial score (nSPS) is 12.0. The topological polar surface area (TPSA) is 83.0 Å². The number of carbonyl (C=O) groups excluding carboxylic acids is 1. The van der Waals surface area contributed by atoms with E-state index in [2.05, 4.69) is 19.6 Å². The maximum atomic E-state index is 13.1. The molecule has 0 spiro atoms. The third-order valence-electron chi connectivity index (χ3n) is 4.07. The first-order valence-electron chi connectivity index (χ1n) is 8.03. The third kappa shape index (κ3) is 3.84. The van der Waals surface area contributed by atoms with Crippen LogP contribution in [0.3, 0.4) is 0 Å². The Labute approximate surface area is 181 Å². The molecule has 0 unspecified atom stereocenters. The number of rotatable bonds is 5. The summed E-state index contributed by atoms with van der Waals surface area (Å²) in [5.74, 6) is -2.14. The van der Waals surface area contributed by atoms with Crippen molar-refractivity contribution < 1.29 is 25.3 Å². The van der Waals surface area contributed by atoms with Crippen molar-refractivity contribution in [3.63, 3.8) is 0 Å². The first kappa shape index (κ1) is 20.1. The van der Waals surface area contributed by atoms with Gasteiger partial charge in [-0.25, -0.2) is 0 Å². The number of aromatic nitrogens is 4. The van der Waals surface area contributed by atoms with Gasteiger partial charge in [0.15, 0.2) is 0 Å². The van der Waals surface area contributed by atoms with Gasteiger partial charge in [-0.15, -0.1) is 0 Å². The Bertz CT molecular complexity index is 1210. The van der Waals surface area contributed by atoms with E-state index in [1.807, 2.05) is 29.7 Å². The summed E-state index contributed by atoms with van der Waals surface area (Å²) in [5.41, 5.74) is 2.29. The fourth-order valence-corrected chi connectivity index (χ4v) is 3.99. The minimum atomic E-state index is -4.75. The standard InChI is InChI=1S/C17H10F3N4O3S.Po/c1-8-2-3-12-9(4-8)10(5-24(12)7-25)13(26)15-21-11(6-28-15)14-22-16(27-23-14)17(18,19)20;/h2-6H,7H2,1H3;/q-1;+1. The van der Waals surface area contributed by atoms with Crippen LogP contribution in [0, 0.1) is 6.92 Å². The second-order valence-corrected chi connectivity index (χ2v) is 7.84. The molecule has 1 radical (unpaired) electrons. The molecule has 0 aliphatic heterocycles. The molecule has 0 amide bonds. The van der Waals surface area contributed by atoms with Crippen molar-refractivity contribution in [1.29, 1.82) is 0 Å². The molecule has 3 aromatic heterocycles. The van der Waals surface area contributed by atoms with Gasteiger partial charge in [-0.1, -0.05) is 0 Å². The Morgan fingerprint density at radius 2 is 2.14 bits per heavy atom. The van der Waals surface area contributed by atoms with Crippen molar-refractivity contribution in [2.24, 2.45) is 0 Å². The molecule has 0 saturated carbocycles. The average Bonchev–Trinajstić information content (AvgIpc) is 3.39. The number of nitrogens with zero attached hydrogens (tertiary/aromatic N) is 4. The number of carbonyl (C=O) groups is 1. The Kier molecular flexibility index (Phi) is 5.27. The van der Waals surface area contributed by atoms with Crippen LogP contribution in [0.1, 0.15) is 26.8 Å². The zero-order chi connectivity index (χ0) is 20.8. The molecule has 0 aliphatic carbocycles. The Morgan fingerprint density at radius 3 is 2.83 bits per heavy atom. The van der Waals surface area contributed by atoms with E-state index in [0.717, 1.165) is 53.3 Å². The molecule has 7 nitrogen and oxygen atoms in total. The van der Waals surface area contributed by atoms with Crippen LogP contribution in [0.2, 0.25) is 0 Å². The molecule has 0 bridgehead atoms. The third-order valence-corrected chi connectivity index (χ3v) is 5.32. The summed E-state index contributed by atoms with van der Waals surface area (Å²) in [6, 6.07) is 5.73. The Balaban J connectivity index is 1.71. The van der Waals surface area contributed by atoms with Gasteiger partial charge in [0.25, 0.3) is 0 Å². The second-order valence-electron chi connectivity index (χ2n) is 6.07. The van der Waals surface area contributed by atoms with Crippen LogP contribution < -0.4 is 0 Å². The number of thiazole rings is 1. The molecule has 4 rings (SSSR count). The predicted molar refractivity (Wildman–Crippen MR) is 97.4 cm³/mol. The van der Waals surface area contributed by atoms with Gasteiger partial charge in [-0.3, -0.25) is 0 Å². The van der Waals surface area contributed by atoms with Crippen LogP contribution in [-0.4, -0.2) is 51.0 Å². The molecule has 0 aliphatic rings. The molecule has 0 atom stereocenters. The summed E-state index contributed by atoms with van der Waals surface area (Å²) in [6.45, 7) is 2.22. The van der Waals surface area contributed by atoms with E-state index in [1.54, 1.807) is 6.20 Å². The molecule has 3 heterocycles. The van der Waals surface area contributed by atoms with Gasteiger partial charge < -0.3 is 0 Å². The van der Waals surface area contributed by atoms with Crippen LogP contribution in [0.25, 0.3) is 22.4 Å². The van der Waals surface area contributed by atoms with Gasteiger partial charge in [0.05, 0.1) is 0 Å².